The second-order valence-corrected chi connectivity index (χ2v) is 6.78. The number of benzene rings is 3. The van der Waals surface area contributed by atoms with Gasteiger partial charge < -0.3 is 10.6 Å². The van der Waals surface area contributed by atoms with Gasteiger partial charge in [-0.3, -0.25) is 14.8 Å². The van der Waals surface area contributed by atoms with Gasteiger partial charge in [-0.25, -0.2) is 9.18 Å². The minimum absolute atomic E-state index is 0.0281. The van der Waals surface area contributed by atoms with Crippen molar-refractivity contribution in [3.63, 3.8) is 0 Å². The van der Waals surface area contributed by atoms with Crippen LogP contribution in [0.25, 0.3) is 11.0 Å². The lowest BCUT2D eigenvalue weighted by Crippen LogP contribution is -2.19. The van der Waals surface area contributed by atoms with E-state index < -0.39 is 11.8 Å². The summed E-state index contributed by atoms with van der Waals surface area (Å²) in [5, 5.41) is 5.10. The number of urea groups is 1. The maximum Gasteiger partial charge on any atom is 0.323 e. The molecule has 1 heterocycles. The zero-order valence-electron chi connectivity index (χ0n) is 15.4. The van der Waals surface area contributed by atoms with Crippen LogP contribution in [0.5, 0.6) is 0 Å². The van der Waals surface area contributed by atoms with Crippen molar-refractivity contribution in [2.45, 2.75) is 0 Å². The molecule has 0 aliphatic heterocycles. The van der Waals surface area contributed by atoms with Crippen molar-refractivity contribution in [1.82, 2.24) is 9.97 Å². The number of hydrogen-bond acceptors (Lipinski definition) is 4. The van der Waals surface area contributed by atoms with Gasteiger partial charge in [-0.1, -0.05) is 11.6 Å². The van der Waals surface area contributed by atoms with Crippen LogP contribution in [0.2, 0.25) is 5.02 Å². The SMILES string of the molecule is O=C(Nc1ccc(C(=O)c2ccc3nccnc3c2)cc1)Nc1ccc(Cl)c(F)c1. The Morgan fingerprint density at radius 3 is 2.13 bits per heavy atom. The van der Waals surface area contributed by atoms with Gasteiger partial charge in [0.1, 0.15) is 5.82 Å². The van der Waals surface area contributed by atoms with E-state index in [1.807, 2.05) is 0 Å². The van der Waals surface area contributed by atoms with Crippen LogP contribution in [0.4, 0.5) is 20.6 Å². The standard InChI is InChI=1S/C22H14ClFN4O2/c23-17-7-6-16(12-18(17)24)28-22(30)27-15-4-1-13(2-5-15)21(29)14-3-8-19-20(11-14)26-10-9-25-19/h1-12H,(H2,27,28,30). The second kappa shape index (κ2) is 8.26. The third-order valence-corrected chi connectivity index (χ3v) is 4.62. The minimum Gasteiger partial charge on any atom is -0.308 e. The fourth-order valence-electron chi connectivity index (χ4n) is 2.84. The van der Waals surface area contributed by atoms with Crippen molar-refractivity contribution in [3.8, 4) is 0 Å². The Morgan fingerprint density at radius 2 is 1.40 bits per heavy atom. The Labute approximate surface area is 175 Å². The monoisotopic (exact) mass is 420 g/mol. The zero-order valence-corrected chi connectivity index (χ0v) is 16.2. The first-order valence-electron chi connectivity index (χ1n) is 8.88. The predicted octanol–water partition coefficient (Wildman–Crippen LogP) is 5.30. The first-order chi connectivity index (χ1) is 14.5. The molecule has 148 valence electrons. The Balaban J connectivity index is 1.44. The van der Waals surface area contributed by atoms with Crippen LogP contribution in [-0.2, 0) is 0 Å². The van der Waals surface area contributed by atoms with Crippen LogP contribution in [-0.4, -0.2) is 21.8 Å². The van der Waals surface area contributed by atoms with E-state index in [1.165, 1.54) is 12.1 Å². The number of hydrogen-bond donors (Lipinski definition) is 2. The first-order valence-corrected chi connectivity index (χ1v) is 9.26. The van der Waals surface area contributed by atoms with Gasteiger partial charge in [-0.05, 0) is 60.7 Å². The van der Waals surface area contributed by atoms with Gasteiger partial charge in [0.05, 0.1) is 16.1 Å². The van der Waals surface area contributed by atoms with Crippen molar-refractivity contribution in [1.29, 1.82) is 0 Å². The summed E-state index contributed by atoms with van der Waals surface area (Å²) < 4.78 is 13.5. The molecule has 0 spiro atoms. The smallest absolute Gasteiger partial charge is 0.308 e. The van der Waals surface area contributed by atoms with Crippen molar-refractivity contribution < 1.29 is 14.0 Å². The topological polar surface area (TPSA) is 84.0 Å². The van der Waals surface area contributed by atoms with Crippen LogP contribution >= 0.6 is 11.6 Å². The molecule has 0 saturated heterocycles. The number of ketones is 1. The van der Waals surface area contributed by atoms with Crippen molar-refractivity contribution in [2.75, 3.05) is 10.6 Å². The van der Waals surface area contributed by atoms with E-state index in [0.29, 0.717) is 27.8 Å². The number of halogens is 2. The van der Waals surface area contributed by atoms with E-state index in [0.717, 1.165) is 6.07 Å². The third kappa shape index (κ3) is 4.26. The van der Waals surface area contributed by atoms with Gasteiger partial charge in [-0.15, -0.1) is 0 Å². The molecule has 0 aliphatic carbocycles. The summed E-state index contributed by atoms with van der Waals surface area (Å²) in [6, 6.07) is 15.0. The summed E-state index contributed by atoms with van der Waals surface area (Å²) in [5.74, 6) is -0.799. The summed E-state index contributed by atoms with van der Waals surface area (Å²) in [7, 11) is 0. The van der Waals surface area contributed by atoms with E-state index in [-0.39, 0.29) is 16.5 Å². The quantitative estimate of drug-likeness (QED) is 0.439. The van der Waals surface area contributed by atoms with Crippen molar-refractivity contribution in [3.05, 3.63) is 95.0 Å². The van der Waals surface area contributed by atoms with Crippen LogP contribution in [0, 0.1) is 5.82 Å². The molecular formula is C22H14ClFN4O2. The molecule has 0 unspecified atom stereocenters. The van der Waals surface area contributed by atoms with Crippen molar-refractivity contribution in [2.24, 2.45) is 0 Å². The normalized spacial score (nSPS) is 10.6. The molecule has 0 fully saturated rings. The number of anilines is 2. The van der Waals surface area contributed by atoms with Gasteiger partial charge in [0.25, 0.3) is 0 Å². The molecule has 2 N–H and O–H groups in total. The molecule has 4 rings (SSSR count). The van der Waals surface area contributed by atoms with Crippen LogP contribution in [0.3, 0.4) is 0 Å². The van der Waals surface area contributed by atoms with Gasteiger partial charge in [0.15, 0.2) is 5.78 Å². The third-order valence-electron chi connectivity index (χ3n) is 4.31. The average Bonchev–Trinajstić information content (AvgIpc) is 2.76. The molecule has 3 aromatic carbocycles. The summed E-state index contributed by atoms with van der Waals surface area (Å²) in [5.41, 5.74) is 3.04. The Hall–Kier alpha value is -3.84. The van der Waals surface area contributed by atoms with E-state index in [4.69, 9.17) is 11.6 Å². The van der Waals surface area contributed by atoms with Gasteiger partial charge in [-0.2, -0.15) is 0 Å². The maximum atomic E-state index is 13.5. The molecular weight excluding hydrogens is 407 g/mol. The molecule has 0 aliphatic rings. The Morgan fingerprint density at radius 1 is 0.767 bits per heavy atom. The predicted molar refractivity (Wildman–Crippen MR) is 113 cm³/mol. The zero-order chi connectivity index (χ0) is 21.1. The number of nitrogens with zero attached hydrogens (tertiary/aromatic N) is 2. The summed E-state index contributed by atoms with van der Waals surface area (Å²) in [4.78, 5) is 33.2. The molecule has 8 heteroatoms. The number of carbonyl (C=O) groups excluding carboxylic acids is 2. The highest BCUT2D eigenvalue weighted by atomic mass is 35.5. The summed E-state index contributed by atoms with van der Waals surface area (Å²) in [6.07, 6.45) is 3.16. The number of carbonyl (C=O) groups is 2. The molecule has 0 radical (unpaired) electrons. The fraction of sp³-hybridized carbons (Fsp3) is 0. The first kappa shape index (κ1) is 19.5. The number of rotatable bonds is 4. The van der Waals surface area contributed by atoms with Crippen LogP contribution in [0.15, 0.2) is 73.1 Å². The lowest BCUT2D eigenvalue weighted by Gasteiger charge is -2.09. The Bertz CT molecular complexity index is 1260. The molecule has 0 saturated carbocycles. The summed E-state index contributed by atoms with van der Waals surface area (Å²) in [6.45, 7) is 0. The van der Waals surface area contributed by atoms with Crippen molar-refractivity contribution >= 4 is 45.8 Å². The van der Waals surface area contributed by atoms with E-state index in [9.17, 15) is 14.0 Å². The lowest BCUT2D eigenvalue weighted by atomic mass is 10.0. The highest BCUT2D eigenvalue weighted by Crippen LogP contribution is 2.20. The number of nitrogens with one attached hydrogen (secondary N) is 2. The largest absolute Gasteiger partial charge is 0.323 e. The molecule has 1 aromatic heterocycles. The van der Waals surface area contributed by atoms with Crippen LogP contribution < -0.4 is 10.6 Å². The minimum atomic E-state index is -0.628. The summed E-state index contributed by atoms with van der Waals surface area (Å²) >= 11 is 5.62. The van der Waals surface area contributed by atoms with Gasteiger partial charge in [0, 0.05) is 34.9 Å². The number of amides is 2. The van der Waals surface area contributed by atoms with E-state index >= 15 is 0 Å². The maximum absolute atomic E-state index is 13.5. The number of fused-ring (bicyclic) bond motifs is 1. The van der Waals surface area contributed by atoms with Crippen LogP contribution in [0.1, 0.15) is 15.9 Å². The average molecular weight is 421 g/mol. The van der Waals surface area contributed by atoms with E-state index in [2.05, 4.69) is 20.6 Å². The highest BCUT2D eigenvalue weighted by molar-refractivity contribution is 6.30. The Kier molecular flexibility index (Phi) is 5.36. The number of aromatic nitrogens is 2. The van der Waals surface area contributed by atoms with E-state index in [1.54, 1.807) is 54.9 Å². The lowest BCUT2D eigenvalue weighted by molar-refractivity contribution is 0.103. The second-order valence-electron chi connectivity index (χ2n) is 6.37. The van der Waals surface area contributed by atoms with Gasteiger partial charge in [0.2, 0.25) is 0 Å². The molecule has 6 nitrogen and oxygen atoms in total. The van der Waals surface area contributed by atoms with Gasteiger partial charge >= 0.3 is 6.03 Å². The molecule has 0 bridgehead atoms. The molecule has 0 atom stereocenters. The highest BCUT2D eigenvalue weighted by Gasteiger charge is 2.11. The fourth-order valence-corrected chi connectivity index (χ4v) is 2.96. The molecule has 30 heavy (non-hydrogen) atoms. The molecule has 2 amide bonds. The molecule has 4 aromatic rings.